The second-order valence-corrected chi connectivity index (χ2v) is 4.34. The van der Waals surface area contributed by atoms with Gasteiger partial charge in [-0.2, -0.15) is 0 Å². The Bertz CT molecular complexity index is 471. The van der Waals surface area contributed by atoms with Gasteiger partial charge in [-0.15, -0.1) is 0 Å². The molecule has 6 heteroatoms. The fourth-order valence-corrected chi connectivity index (χ4v) is 1.42. The van der Waals surface area contributed by atoms with Crippen molar-refractivity contribution < 1.29 is 19.1 Å². The van der Waals surface area contributed by atoms with E-state index in [1.165, 1.54) is 6.07 Å². The molecule has 1 aromatic heterocycles. The summed E-state index contributed by atoms with van der Waals surface area (Å²) >= 11 is 0. The minimum Gasteiger partial charge on any atom is -0.480 e. The number of hydrogen-bond acceptors (Lipinski definition) is 4. The van der Waals surface area contributed by atoms with Crippen molar-refractivity contribution in [3.8, 4) is 0 Å². The van der Waals surface area contributed by atoms with Crippen LogP contribution in [0, 0.1) is 5.92 Å². The SMILES string of the molecule is CC(C)C[C@H](NC(=O)c1ccc(=O)oc1)C(=O)O. The van der Waals surface area contributed by atoms with Gasteiger partial charge in [-0.25, -0.2) is 9.59 Å². The highest BCUT2D eigenvalue weighted by Crippen LogP contribution is 2.06. The summed E-state index contributed by atoms with van der Waals surface area (Å²) in [5.74, 6) is -1.53. The monoisotopic (exact) mass is 253 g/mol. The molecule has 0 saturated carbocycles. The standard InChI is InChI=1S/C12H15NO5/c1-7(2)5-9(12(16)17)13-11(15)8-3-4-10(14)18-6-8/h3-4,6-7,9H,5H2,1-2H3,(H,13,15)(H,16,17)/t9-/m0/s1. The molecular formula is C12H15NO5. The second kappa shape index (κ2) is 6.00. The number of carboxylic acid groups (broad SMARTS) is 1. The Morgan fingerprint density at radius 1 is 1.39 bits per heavy atom. The van der Waals surface area contributed by atoms with Crippen molar-refractivity contribution in [3.05, 3.63) is 34.4 Å². The second-order valence-electron chi connectivity index (χ2n) is 4.34. The molecule has 0 saturated heterocycles. The molecule has 0 radical (unpaired) electrons. The van der Waals surface area contributed by atoms with Crippen LogP contribution < -0.4 is 10.9 Å². The quantitative estimate of drug-likeness (QED) is 0.811. The minimum absolute atomic E-state index is 0.115. The first-order valence-corrected chi connectivity index (χ1v) is 5.52. The smallest absolute Gasteiger partial charge is 0.335 e. The molecule has 0 bridgehead atoms. The number of carbonyl (C=O) groups is 2. The Hall–Kier alpha value is -2.11. The molecule has 0 aromatic carbocycles. The molecule has 0 fully saturated rings. The van der Waals surface area contributed by atoms with Crippen molar-refractivity contribution in [2.24, 2.45) is 5.92 Å². The molecule has 1 rings (SSSR count). The van der Waals surface area contributed by atoms with E-state index in [0.717, 1.165) is 12.3 Å². The first-order valence-electron chi connectivity index (χ1n) is 5.52. The fourth-order valence-electron chi connectivity index (χ4n) is 1.42. The van der Waals surface area contributed by atoms with Crippen molar-refractivity contribution in [1.29, 1.82) is 0 Å². The molecule has 98 valence electrons. The van der Waals surface area contributed by atoms with Crippen LogP contribution in [-0.4, -0.2) is 23.0 Å². The molecule has 1 aromatic rings. The van der Waals surface area contributed by atoms with Gasteiger partial charge in [-0.3, -0.25) is 4.79 Å². The molecule has 2 N–H and O–H groups in total. The molecule has 1 amide bonds. The number of aliphatic carboxylic acids is 1. The van der Waals surface area contributed by atoms with Gasteiger partial charge >= 0.3 is 11.6 Å². The number of hydrogen-bond donors (Lipinski definition) is 2. The van der Waals surface area contributed by atoms with Gasteiger partial charge in [0.25, 0.3) is 5.91 Å². The summed E-state index contributed by atoms with van der Waals surface area (Å²) in [4.78, 5) is 33.4. The molecule has 0 aliphatic heterocycles. The normalized spacial score (nSPS) is 12.2. The van der Waals surface area contributed by atoms with Crippen molar-refractivity contribution in [2.75, 3.05) is 0 Å². The maximum absolute atomic E-state index is 11.7. The zero-order valence-corrected chi connectivity index (χ0v) is 10.2. The Morgan fingerprint density at radius 2 is 2.06 bits per heavy atom. The molecule has 18 heavy (non-hydrogen) atoms. The molecule has 0 aliphatic rings. The largest absolute Gasteiger partial charge is 0.480 e. The summed E-state index contributed by atoms with van der Waals surface area (Å²) in [6.07, 6.45) is 1.34. The van der Waals surface area contributed by atoms with E-state index >= 15 is 0 Å². The summed E-state index contributed by atoms with van der Waals surface area (Å²) in [7, 11) is 0. The summed E-state index contributed by atoms with van der Waals surface area (Å²) in [6.45, 7) is 3.73. The number of carbonyl (C=O) groups excluding carboxylic acids is 1. The third-order valence-electron chi connectivity index (χ3n) is 2.27. The van der Waals surface area contributed by atoms with Crippen molar-refractivity contribution in [1.82, 2.24) is 5.32 Å². The number of amides is 1. The van der Waals surface area contributed by atoms with Gasteiger partial charge in [-0.1, -0.05) is 13.8 Å². The van der Waals surface area contributed by atoms with Gasteiger partial charge in [0.15, 0.2) is 0 Å². The zero-order chi connectivity index (χ0) is 13.7. The summed E-state index contributed by atoms with van der Waals surface area (Å²) in [5.41, 5.74) is -0.451. The number of carboxylic acids is 1. The lowest BCUT2D eigenvalue weighted by Crippen LogP contribution is -2.41. The van der Waals surface area contributed by atoms with Crippen molar-refractivity contribution in [2.45, 2.75) is 26.3 Å². The van der Waals surface area contributed by atoms with Crippen LogP contribution >= 0.6 is 0 Å². The van der Waals surface area contributed by atoms with Crippen LogP contribution in [0.3, 0.4) is 0 Å². The highest BCUT2D eigenvalue weighted by molar-refractivity contribution is 5.96. The Kier molecular flexibility index (Phi) is 4.65. The third-order valence-corrected chi connectivity index (χ3v) is 2.27. The number of rotatable bonds is 5. The lowest BCUT2D eigenvalue weighted by atomic mass is 10.0. The predicted octanol–water partition coefficient (Wildman–Crippen LogP) is 0.869. The molecule has 1 heterocycles. The maximum Gasteiger partial charge on any atom is 0.335 e. The topological polar surface area (TPSA) is 96.6 Å². The van der Waals surface area contributed by atoms with E-state index in [4.69, 9.17) is 5.11 Å². The van der Waals surface area contributed by atoms with E-state index in [0.29, 0.717) is 6.42 Å². The summed E-state index contributed by atoms with van der Waals surface area (Å²) in [6, 6.07) is 1.44. The molecule has 6 nitrogen and oxygen atoms in total. The van der Waals surface area contributed by atoms with Gasteiger partial charge < -0.3 is 14.8 Å². The van der Waals surface area contributed by atoms with Gasteiger partial charge in [-0.05, 0) is 18.4 Å². The predicted molar refractivity (Wildman–Crippen MR) is 63.3 cm³/mol. The lowest BCUT2D eigenvalue weighted by Gasteiger charge is -2.16. The van der Waals surface area contributed by atoms with Crippen molar-refractivity contribution in [3.63, 3.8) is 0 Å². The van der Waals surface area contributed by atoms with E-state index in [-0.39, 0.29) is 11.5 Å². The zero-order valence-electron chi connectivity index (χ0n) is 10.2. The van der Waals surface area contributed by atoms with E-state index < -0.39 is 23.5 Å². The van der Waals surface area contributed by atoms with Crippen LogP contribution in [0.25, 0.3) is 0 Å². The van der Waals surface area contributed by atoms with Gasteiger partial charge in [0.2, 0.25) is 0 Å². The molecule has 0 unspecified atom stereocenters. The lowest BCUT2D eigenvalue weighted by molar-refractivity contribution is -0.139. The van der Waals surface area contributed by atoms with Crippen LogP contribution in [0.4, 0.5) is 0 Å². The fraction of sp³-hybridized carbons (Fsp3) is 0.417. The molecule has 0 aliphatic carbocycles. The van der Waals surface area contributed by atoms with Crippen LogP contribution in [0.5, 0.6) is 0 Å². The molecule has 0 spiro atoms. The van der Waals surface area contributed by atoms with Gasteiger partial charge in [0, 0.05) is 6.07 Å². The Morgan fingerprint density at radius 3 is 2.50 bits per heavy atom. The van der Waals surface area contributed by atoms with Gasteiger partial charge in [0.1, 0.15) is 12.3 Å². The van der Waals surface area contributed by atoms with E-state index in [9.17, 15) is 14.4 Å². The van der Waals surface area contributed by atoms with E-state index in [2.05, 4.69) is 9.73 Å². The first kappa shape index (κ1) is 14.0. The average molecular weight is 253 g/mol. The average Bonchev–Trinajstić information content (AvgIpc) is 2.28. The summed E-state index contributed by atoms with van der Waals surface area (Å²) in [5, 5.41) is 11.4. The molecule has 1 atom stereocenters. The van der Waals surface area contributed by atoms with E-state index in [1.54, 1.807) is 0 Å². The van der Waals surface area contributed by atoms with E-state index in [1.807, 2.05) is 13.8 Å². The van der Waals surface area contributed by atoms with Gasteiger partial charge in [0.05, 0.1) is 5.56 Å². The van der Waals surface area contributed by atoms with Crippen LogP contribution in [0.1, 0.15) is 30.6 Å². The first-order chi connectivity index (χ1) is 8.40. The highest BCUT2D eigenvalue weighted by atomic mass is 16.4. The maximum atomic E-state index is 11.7. The Labute approximate surface area is 104 Å². The number of nitrogens with one attached hydrogen (secondary N) is 1. The third kappa shape index (κ3) is 4.04. The highest BCUT2D eigenvalue weighted by Gasteiger charge is 2.21. The molecular weight excluding hydrogens is 238 g/mol. The van der Waals surface area contributed by atoms with Crippen LogP contribution in [0.15, 0.2) is 27.6 Å². The Balaban J connectivity index is 2.75. The van der Waals surface area contributed by atoms with Crippen molar-refractivity contribution >= 4 is 11.9 Å². The summed E-state index contributed by atoms with van der Waals surface area (Å²) < 4.78 is 4.54. The van der Waals surface area contributed by atoms with Crippen LogP contribution in [0.2, 0.25) is 0 Å². The van der Waals surface area contributed by atoms with Crippen LogP contribution in [-0.2, 0) is 4.79 Å². The minimum atomic E-state index is -1.09.